The van der Waals surface area contributed by atoms with Crippen LogP contribution in [0.15, 0.2) is 28.6 Å². The first kappa shape index (κ1) is 19.7. The molecule has 0 spiro atoms. The summed E-state index contributed by atoms with van der Waals surface area (Å²) >= 11 is 2.81. The number of thioether (sulfide) groups is 1. The number of amides is 1. The van der Waals surface area contributed by atoms with Gasteiger partial charge in [0.15, 0.2) is 4.34 Å². The van der Waals surface area contributed by atoms with Crippen LogP contribution in [-0.4, -0.2) is 38.8 Å². The van der Waals surface area contributed by atoms with E-state index in [-0.39, 0.29) is 23.0 Å². The quantitative estimate of drug-likeness (QED) is 0.733. The van der Waals surface area contributed by atoms with Crippen molar-refractivity contribution >= 4 is 34.1 Å². The minimum atomic E-state index is -0.289. The van der Waals surface area contributed by atoms with E-state index in [0.717, 1.165) is 15.0 Å². The summed E-state index contributed by atoms with van der Waals surface area (Å²) in [7, 11) is 0. The number of hydrogen-bond donors (Lipinski definition) is 1. The predicted molar refractivity (Wildman–Crippen MR) is 101 cm³/mol. The molecule has 1 aromatic carbocycles. The van der Waals surface area contributed by atoms with Crippen LogP contribution in [0.25, 0.3) is 0 Å². The third kappa shape index (κ3) is 6.62. The number of carbonyl (C=O) groups is 1. The van der Waals surface area contributed by atoms with Gasteiger partial charge in [-0.25, -0.2) is 4.39 Å². The summed E-state index contributed by atoms with van der Waals surface area (Å²) in [5, 5.41) is 12.2. The molecule has 2 aromatic rings. The second-order valence-electron chi connectivity index (χ2n) is 6.57. The van der Waals surface area contributed by atoms with Gasteiger partial charge in [0.2, 0.25) is 11.0 Å². The van der Waals surface area contributed by atoms with E-state index in [1.807, 2.05) is 13.0 Å². The topological polar surface area (TPSA) is 58.1 Å². The molecule has 0 aliphatic heterocycles. The summed E-state index contributed by atoms with van der Waals surface area (Å²) in [4.78, 5) is 14.1. The van der Waals surface area contributed by atoms with Gasteiger partial charge in [0.1, 0.15) is 5.82 Å². The zero-order valence-corrected chi connectivity index (χ0v) is 16.5. The number of carbonyl (C=O) groups excluding carboxylic acids is 1. The van der Waals surface area contributed by atoms with Crippen molar-refractivity contribution in [1.29, 1.82) is 0 Å². The first-order chi connectivity index (χ1) is 11.8. The van der Waals surface area contributed by atoms with E-state index in [2.05, 4.69) is 36.3 Å². The predicted octanol–water partition coefficient (Wildman–Crippen LogP) is 4.03. The molecule has 0 bridgehead atoms. The van der Waals surface area contributed by atoms with E-state index in [9.17, 15) is 9.18 Å². The lowest BCUT2D eigenvalue weighted by Crippen LogP contribution is -2.31. The van der Waals surface area contributed by atoms with Gasteiger partial charge in [-0.2, -0.15) is 0 Å². The van der Waals surface area contributed by atoms with E-state index >= 15 is 0 Å². The first-order valence-corrected chi connectivity index (χ1v) is 9.84. The van der Waals surface area contributed by atoms with Crippen molar-refractivity contribution in [2.24, 2.45) is 0 Å². The van der Waals surface area contributed by atoms with Gasteiger partial charge in [-0.05, 0) is 45.4 Å². The van der Waals surface area contributed by atoms with Crippen LogP contribution in [0.3, 0.4) is 0 Å². The molecular formula is C17H23FN4OS2. The number of halogens is 1. The summed E-state index contributed by atoms with van der Waals surface area (Å²) in [6.45, 7) is 9.05. The van der Waals surface area contributed by atoms with Crippen LogP contribution in [0.5, 0.6) is 0 Å². The van der Waals surface area contributed by atoms with Crippen molar-refractivity contribution in [2.45, 2.75) is 44.1 Å². The highest BCUT2D eigenvalue weighted by Gasteiger charge is 2.16. The molecule has 136 valence electrons. The van der Waals surface area contributed by atoms with Crippen LogP contribution >= 0.6 is 23.1 Å². The fourth-order valence-corrected chi connectivity index (χ4v) is 3.95. The SMILES string of the molecule is CCN(Cc1cccc(F)c1)C(=O)CSc1nnc(NC(C)(C)C)s1. The molecule has 0 atom stereocenters. The lowest BCUT2D eigenvalue weighted by atomic mass is 10.1. The van der Waals surface area contributed by atoms with Gasteiger partial charge in [0, 0.05) is 18.6 Å². The van der Waals surface area contributed by atoms with Crippen LogP contribution in [-0.2, 0) is 11.3 Å². The van der Waals surface area contributed by atoms with Crippen molar-refractivity contribution in [3.8, 4) is 0 Å². The Bertz CT molecular complexity index is 715. The Morgan fingerprint density at radius 3 is 2.76 bits per heavy atom. The Labute approximate surface area is 156 Å². The van der Waals surface area contributed by atoms with Crippen molar-refractivity contribution < 1.29 is 9.18 Å². The average molecular weight is 383 g/mol. The second kappa shape index (κ2) is 8.62. The molecule has 0 fully saturated rings. The zero-order chi connectivity index (χ0) is 18.4. The number of rotatable bonds is 7. The van der Waals surface area contributed by atoms with Gasteiger partial charge in [-0.3, -0.25) is 4.79 Å². The lowest BCUT2D eigenvalue weighted by Gasteiger charge is -2.20. The fourth-order valence-electron chi connectivity index (χ4n) is 2.09. The maximum Gasteiger partial charge on any atom is 0.233 e. The molecule has 0 aliphatic rings. The molecule has 1 heterocycles. The summed E-state index contributed by atoms with van der Waals surface area (Å²) in [5.74, 6) is -0.00626. The summed E-state index contributed by atoms with van der Waals surface area (Å²) < 4.78 is 14.0. The van der Waals surface area contributed by atoms with Crippen LogP contribution in [0, 0.1) is 5.82 Å². The Morgan fingerprint density at radius 2 is 2.12 bits per heavy atom. The van der Waals surface area contributed by atoms with Gasteiger partial charge < -0.3 is 10.2 Å². The highest BCUT2D eigenvalue weighted by Crippen LogP contribution is 2.27. The van der Waals surface area contributed by atoms with E-state index in [0.29, 0.717) is 13.1 Å². The van der Waals surface area contributed by atoms with Crippen molar-refractivity contribution in [2.75, 3.05) is 17.6 Å². The van der Waals surface area contributed by atoms with Crippen LogP contribution < -0.4 is 5.32 Å². The molecule has 5 nitrogen and oxygen atoms in total. The summed E-state index contributed by atoms with van der Waals surface area (Å²) in [6.07, 6.45) is 0. The number of anilines is 1. The molecule has 1 N–H and O–H groups in total. The van der Waals surface area contributed by atoms with Crippen LogP contribution in [0.2, 0.25) is 0 Å². The zero-order valence-electron chi connectivity index (χ0n) is 14.9. The highest BCUT2D eigenvalue weighted by atomic mass is 32.2. The molecule has 2 rings (SSSR count). The van der Waals surface area contributed by atoms with Gasteiger partial charge in [-0.1, -0.05) is 35.2 Å². The van der Waals surface area contributed by atoms with Gasteiger partial charge >= 0.3 is 0 Å². The molecule has 0 saturated carbocycles. The first-order valence-electron chi connectivity index (χ1n) is 8.03. The van der Waals surface area contributed by atoms with Crippen molar-refractivity contribution in [3.05, 3.63) is 35.6 Å². The molecule has 0 aliphatic carbocycles. The molecule has 25 heavy (non-hydrogen) atoms. The number of aromatic nitrogens is 2. The Morgan fingerprint density at radius 1 is 1.36 bits per heavy atom. The molecular weight excluding hydrogens is 359 g/mol. The minimum Gasteiger partial charge on any atom is -0.355 e. The Kier molecular flexibility index (Phi) is 6.78. The average Bonchev–Trinajstić information content (AvgIpc) is 2.95. The minimum absolute atomic E-state index is 0.00251. The van der Waals surface area contributed by atoms with Crippen molar-refractivity contribution in [1.82, 2.24) is 15.1 Å². The number of benzene rings is 1. The van der Waals surface area contributed by atoms with E-state index in [1.165, 1.54) is 35.2 Å². The third-order valence-corrected chi connectivity index (χ3v) is 5.16. The van der Waals surface area contributed by atoms with Crippen LogP contribution in [0.4, 0.5) is 9.52 Å². The standard InChI is InChI=1S/C17H23FN4OS2/c1-5-22(10-12-7-6-8-13(18)9-12)14(23)11-24-16-21-20-15(25-16)19-17(2,3)4/h6-9H,5,10-11H2,1-4H3,(H,19,20). The van der Waals surface area contributed by atoms with Crippen molar-refractivity contribution in [3.63, 3.8) is 0 Å². The molecule has 8 heteroatoms. The third-order valence-electron chi connectivity index (χ3n) is 3.20. The van der Waals surface area contributed by atoms with E-state index in [1.54, 1.807) is 11.0 Å². The molecule has 1 amide bonds. The molecule has 0 saturated heterocycles. The highest BCUT2D eigenvalue weighted by molar-refractivity contribution is 8.01. The normalized spacial score (nSPS) is 11.4. The monoisotopic (exact) mass is 382 g/mol. The summed E-state index contributed by atoms with van der Waals surface area (Å²) in [6, 6.07) is 6.33. The molecule has 1 aromatic heterocycles. The Hall–Kier alpha value is -1.67. The Balaban J connectivity index is 1.89. The largest absolute Gasteiger partial charge is 0.355 e. The van der Waals surface area contributed by atoms with Gasteiger partial charge in [0.25, 0.3) is 0 Å². The lowest BCUT2D eigenvalue weighted by molar-refractivity contribution is -0.128. The smallest absolute Gasteiger partial charge is 0.233 e. The second-order valence-corrected chi connectivity index (χ2v) is 8.77. The maximum atomic E-state index is 13.3. The molecule has 0 unspecified atom stereocenters. The van der Waals surface area contributed by atoms with Gasteiger partial charge in [-0.15, -0.1) is 10.2 Å². The van der Waals surface area contributed by atoms with Crippen LogP contribution in [0.1, 0.15) is 33.3 Å². The van der Waals surface area contributed by atoms with E-state index in [4.69, 9.17) is 0 Å². The molecule has 0 radical (unpaired) electrons. The van der Waals surface area contributed by atoms with E-state index < -0.39 is 0 Å². The number of hydrogen-bond acceptors (Lipinski definition) is 6. The number of nitrogens with one attached hydrogen (secondary N) is 1. The number of nitrogens with zero attached hydrogens (tertiary/aromatic N) is 3. The maximum absolute atomic E-state index is 13.3. The fraction of sp³-hybridized carbons (Fsp3) is 0.471. The summed E-state index contributed by atoms with van der Waals surface area (Å²) in [5.41, 5.74) is 0.703. The van der Waals surface area contributed by atoms with Gasteiger partial charge in [0.05, 0.1) is 5.75 Å².